The highest BCUT2D eigenvalue weighted by Gasteiger charge is 2.27. The number of hydrogen-bond donors (Lipinski definition) is 3. The van der Waals surface area contributed by atoms with Crippen LogP contribution in [0.5, 0.6) is 0 Å². The van der Waals surface area contributed by atoms with E-state index in [1.54, 1.807) is 12.2 Å². The van der Waals surface area contributed by atoms with E-state index in [0.29, 0.717) is 23.9 Å². The van der Waals surface area contributed by atoms with Gasteiger partial charge in [0.25, 0.3) is 0 Å². The van der Waals surface area contributed by atoms with Crippen molar-refractivity contribution in [3.63, 3.8) is 0 Å². The lowest BCUT2D eigenvalue weighted by molar-refractivity contribution is -0.870. The molecule has 3 atom stereocenters. The van der Waals surface area contributed by atoms with Crippen molar-refractivity contribution < 1.29 is 37.7 Å². The number of phosphoric acid groups is 1. The summed E-state index contributed by atoms with van der Waals surface area (Å²) in [6.07, 6.45) is 34.7. The lowest BCUT2D eigenvalue weighted by Crippen LogP contribution is -2.45. The number of carbonyl (C=O) groups is 2. The van der Waals surface area contributed by atoms with Crippen LogP contribution in [0.1, 0.15) is 162 Å². The molecule has 0 fully saturated rings. The number of allylic oxidation sites excluding steroid dienone is 5. The van der Waals surface area contributed by atoms with Crippen molar-refractivity contribution >= 4 is 19.5 Å². The van der Waals surface area contributed by atoms with Gasteiger partial charge in [-0.15, -0.1) is 0 Å². The van der Waals surface area contributed by atoms with Crippen LogP contribution in [-0.4, -0.2) is 79.2 Å². The zero-order valence-electron chi connectivity index (χ0n) is 33.3. The van der Waals surface area contributed by atoms with Crippen LogP contribution in [0.4, 0.5) is 0 Å². The van der Waals surface area contributed by atoms with Crippen LogP contribution in [0.15, 0.2) is 36.5 Å². The van der Waals surface area contributed by atoms with Crippen molar-refractivity contribution in [2.45, 2.75) is 174 Å². The maximum absolute atomic E-state index is 12.8. The number of quaternary nitrogens is 1. The van der Waals surface area contributed by atoms with Gasteiger partial charge in [0.15, 0.2) is 5.78 Å². The molecule has 9 nitrogen and oxygen atoms in total. The van der Waals surface area contributed by atoms with Crippen molar-refractivity contribution in [1.82, 2.24) is 5.32 Å². The summed E-state index contributed by atoms with van der Waals surface area (Å²) in [4.78, 5) is 34.8. The summed E-state index contributed by atoms with van der Waals surface area (Å²) >= 11 is 0. The number of likely N-dealkylation sites (N-methyl/N-ethyl adjacent to an activating group) is 1. The maximum atomic E-state index is 12.8. The van der Waals surface area contributed by atoms with Crippen LogP contribution < -0.4 is 5.32 Å². The van der Waals surface area contributed by atoms with Gasteiger partial charge in [-0.1, -0.05) is 141 Å². The molecule has 1 unspecified atom stereocenters. The Morgan fingerprint density at radius 1 is 0.706 bits per heavy atom. The molecule has 298 valence electrons. The predicted molar refractivity (Wildman–Crippen MR) is 213 cm³/mol. The molecule has 0 aromatic rings. The first kappa shape index (κ1) is 49.4. The molecule has 0 aromatic heterocycles. The van der Waals surface area contributed by atoms with Gasteiger partial charge in [-0.2, -0.15) is 0 Å². The van der Waals surface area contributed by atoms with E-state index in [9.17, 15) is 24.2 Å². The zero-order chi connectivity index (χ0) is 38.1. The van der Waals surface area contributed by atoms with E-state index >= 15 is 0 Å². The number of hydrogen-bond acceptors (Lipinski definition) is 6. The summed E-state index contributed by atoms with van der Waals surface area (Å²) in [5, 5.41) is 13.7. The van der Waals surface area contributed by atoms with Crippen molar-refractivity contribution in [3.8, 4) is 0 Å². The second kappa shape index (κ2) is 33.0. The molecule has 0 saturated carbocycles. The quantitative estimate of drug-likeness (QED) is 0.0146. The standard InChI is InChI=1S/C41H77N2O7P/c1-6-8-10-11-12-13-14-15-16-19-22-25-29-33-40(45)39(37-50-51(47,48)49-36-35-43(3,4)5)42-41(46)34-30-26-23-20-17-18-21-24-28-32-38(44)31-27-9-7-2/h21,24,28-29,32-33,39-40,45H,6-20,22-23,25-27,30-31,34-37H2,1-5H3,(H-,42,46,47,48)/p+1/b24-21-,32-28+,33-29+/t39-,40+/m0/s1. The first-order valence-corrected chi connectivity index (χ1v) is 21.8. The number of carbonyl (C=O) groups excluding carboxylic acids is 2. The Morgan fingerprint density at radius 3 is 1.80 bits per heavy atom. The van der Waals surface area contributed by atoms with Gasteiger partial charge in [-0.05, 0) is 44.6 Å². The molecular formula is C41H78N2O7P+. The van der Waals surface area contributed by atoms with Gasteiger partial charge in [0.1, 0.15) is 13.2 Å². The molecule has 0 rings (SSSR count). The number of ketones is 1. The van der Waals surface area contributed by atoms with Gasteiger partial charge in [-0.25, -0.2) is 4.57 Å². The number of nitrogens with zero attached hydrogens (tertiary/aromatic N) is 1. The van der Waals surface area contributed by atoms with Crippen molar-refractivity contribution in [2.75, 3.05) is 40.9 Å². The molecule has 0 aliphatic rings. The third kappa shape index (κ3) is 35.2. The monoisotopic (exact) mass is 742 g/mol. The van der Waals surface area contributed by atoms with E-state index in [-0.39, 0.29) is 24.9 Å². The molecule has 0 aliphatic heterocycles. The highest BCUT2D eigenvalue weighted by atomic mass is 31.2. The molecule has 1 amide bonds. The van der Waals surface area contributed by atoms with E-state index in [0.717, 1.165) is 77.0 Å². The molecular weight excluding hydrogens is 663 g/mol. The van der Waals surface area contributed by atoms with E-state index < -0.39 is 20.0 Å². The normalized spacial score (nSPS) is 14.8. The highest BCUT2D eigenvalue weighted by molar-refractivity contribution is 7.47. The number of phosphoric ester groups is 1. The summed E-state index contributed by atoms with van der Waals surface area (Å²) < 4.78 is 23.4. The number of amides is 1. The Balaban J connectivity index is 4.58. The fourth-order valence-electron chi connectivity index (χ4n) is 5.49. The topological polar surface area (TPSA) is 122 Å². The van der Waals surface area contributed by atoms with Crippen molar-refractivity contribution in [3.05, 3.63) is 36.5 Å². The van der Waals surface area contributed by atoms with E-state index in [1.807, 2.05) is 39.4 Å². The largest absolute Gasteiger partial charge is 0.472 e. The fraction of sp³-hybridized carbons (Fsp3) is 0.805. The van der Waals surface area contributed by atoms with Crippen LogP contribution in [0.3, 0.4) is 0 Å². The molecule has 3 N–H and O–H groups in total. The third-order valence-corrected chi connectivity index (χ3v) is 9.81. The van der Waals surface area contributed by atoms with Crippen LogP contribution >= 0.6 is 7.82 Å². The molecule has 0 radical (unpaired) electrons. The first-order valence-electron chi connectivity index (χ1n) is 20.3. The lowest BCUT2D eigenvalue weighted by atomic mass is 10.0. The van der Waals surface area contributed by atoms with Crippen molar-refractivity contribution in [2.24, 2.45) is 0 Å². The minimum absolute atomic E-state index is 0.0449. The molecule has 10 heteroatoms. The Morgan fingerprint density at radius 2 is 1.22 bits per heavy atom. The van der Waals surface area contributed by atoms with Crippen LogP contribution in [0.2, 0.25) is 0 Å². The summed E-state index contributed by atoms with van der Waals surface area (Å²) in [6.45, 7) is 4.60. The summed E-state index contributed by atoms with van der Waals surface area (Å²) in [5.41, 5.74) is 0. The minimum Gasteiger partial charge on any atom is -0.387 e. The number of rotatable bonds is 36. The Hall–Kier alpha value is -1.61. The first-order chi connectivity index (χ1) is 24.4. The van der Waals surface area contributed by atoms with Gasteiger partial charge < -0.3 is 19.8 Å². The highest BCUT2D eigenvalue weighted by Crippen LogP contribution is 2.43. The third-order valence-electron chi connectivity index (χ3n) is 8.83. The summed E-state index contributed by atoms with van der Waals surface area (Å²) in [5.74, 6) is -0.0377. The Labute approximate surface area is 312 Å². The van der Waals surface area contributed by atoms with Gasteiger partial charge in [0, 0.05) is 12.8 Å². The number of unbranched alkanes of at least 4 members (excludes halogenated alkanes) is 18. The lowest BCUT2D eigenvalue weighted by Gasteiger charge is -2.25. The predicted octanol–water partition coefficient (Wildman–Crippen LogP) is 9.92. The second-order valence-corrected chi connectivity index (χ2v) is 16.5. The summed E-state index contributed by atoms with van der Waals surface area (Å²) in [6, 6.07) is -0.874. The molecule has 0 aliphatic carbocycles. The number of nitrogens with one attached hydrogen (secondary N) is 1. The zero-order valence-corrected chi connectivity index (χ0v) is 34.2. The van der Waals surface area contributed by atoms with Gasteiger partial charge >= 0.3 is 7.82 Å². The SMILES string of the molecule is CCCCCCCCCCCCC/C=C/[C@@H](O)[C@H](COP(=O)(O)OCC[N+](C)(C)C)NC(=O)CCCCCCC/C=C\C=C\C(=O)CCCCC. The van der Waals surface area contributed by atoms with Crippen LogP contribution in [0.25, 0.3) is 0 Å². The molecule has 0 saturated heterocycles. The van der Waals surface area contributed by atoms with Crippen LogP contribution in [0, 0.1) is 0 Å². The Bertz CT molecular complexity index is 993. The average Bonchev–Trinajstić information content (AvgIpc) is 3.06. The van der Waals surface area contributed by atoms with E-state index in [1.165, 1.54) is 57.8 Å². The molecule has 0 spiro atoms. The summed E-state index contributed by atoms with van der Waals surface area (Å²) in [7, 11) is 1.51. The minimum atomic E-state index is -4.35. The van der Waals surface area contributed by atoms with Gasteiger partial charge in [0.05, 0.1) is 39.9 Å². The van der Waals surface area contributed by atoms with E-state index in [4.69, 9.17) is 9.05 Å². The van der Waals surface area contributed by atoms with E-state index in [2.05, 4.69) is 25.2 Å². The molecule has 0 aromatic carbocycles. The van der Waals surface area contributed by atoms with Gasteiger partial charge in [0.2, 0.25) is 5.91 Å². The maximum Gasteiger partial charge on any atom is 0.472 e. The molecule has 51 heavy (non-hydrogen) atoms. The number of aliphatic hydroxyl groups is 1. The smallest absolute Gasteiger partial charge is 0.387 e. The molecule has 0 bridgehead atoms. The number of aliphatic hydroxyl groups excluding tert-OH is 1. The average molecular weight is 742 g/mol. The van der Waals surface area contributed by atoms with Crippen molar-refractivity contribution in [1.29, 1.82) is 0 Å². The molecule has 0 heterocycles. The Kier molecular flexibility index (Phi) is 32.0. The second-order valence-electron chi connectivity index (χ2n) is 15.0. The van der Waals surface area contributed by atoms with Gasteiger partial charge in [-0.3, -0.25) is 18.6 Å². The fourth-order valence-corrected chi connectivity index (χ4v) is 6.23. The van der Waals surface area contributed by atoms with Crippen LogP contribution in [-0.2, 0) is 23.2 Å².